The fourth-order valence-electron chi connectivity index (χ4n) is 2.39. The monoisotopic (exact) mass is 261 g/mol. The quantitative estimate of drug-likeness (QED) is 0.779. The van der Waals surface area contributed by atoms with Crippen LogP contribution in [0.5, 0.6) is 0 Å². The number of fused-ring (bicyclic) bond motifs is 1. The van der Waals surface area contributed by atoms with Crippen molar-refractivity contribution in [3.05, 3.63) is 66.4 Å². The second-order valence-electron chi connectivity index (χ2n) is 4.65. The molecule has 0 aliphatic rings. The summed E-state index contributed by atoms with van der Waals surface area (Å²) >= 11 is 0. The van der Waals surface area contributed by atoms with E-state index in [-0.39, 0.29) is 0 Å². The van der Waals surface area contributed by atoms with Gasteiger partial charge in [-0.2, -0.15) is 5.26 Å². The summed E-state index contributed by atoms with van der Waals surface area (Å²) in [5, 5.41) is 13.5. The smallest absolute Gasteiger partial charge is 0.0998 e. The van der Waals surface area contributed by atoms with Crippen LogP contribution in [0.15, 0.2) is 60.8 Å². The first kappa shape index (κ1) is 12.3. The van der Waals surface area contributed by atoms with Crippen molar-refractivity contribution < 1.29 is 0 Å². The Hall–Kier alpha value is -2.73. The van der Waals surface area contributed by atoms with Crippen LogP contribution in [0.4, 0.5) is 5.69 Å². The maximum atomic E-state index is 9.10. The number of para-hydroxylation sites is 1. The number of hydrogen-bond acceptors (Lipinski definition) is 2. The first-order valence-corrected chi connectivity index (χ1v) is 6.65. The highest BCUT2D eigenvalue weighted by Gasteiger charge is 2.04. The van der Waals surface area contributed by atoms with Gasteiger partial charge in [0.25, 0.3) is 0 Å². The Kier molecular flexibility index (Phi) is 3.38. The van der Waals surface area contributed by atoms with Gasteiger partial charge < -0.3 is 9.88 Å². The van der Waals surface area contributed by atoms with E-state index in [1.165, 1.54) is 0 Å². The number of benzene rings is 2. The first-order chi connectivity index (χ1) is 9.88. The van der Waals surface area contributed by atoms with Gasteiger partial charge in [0, 0.05) is 35.9 Å². The fourth-order valence-corrected chi connectivity index (χ4v) is 2.39. The molecule has 0 fully saturated rings. The van der Waals surface area contributed by atoms with E-state index in [9.17, 15) is 0 Å². The highest BCUT2D eigenvalue weighted by molar-refractivity contribution is 5.85. The van der Waals surface area contributed by atoms with Crippen LogP contribution >= 0.6 is 0 Å². The van der Waals surface area contributed by atoms with Crippen LogP contribution in [-0.4, -0.2) is 11.1 Å². The number of rotatable bonds is 4. The minimum Gasteiger partial charge on any atom is -0.383 e. The van der Waals surface area contributed by atoms with E-state index < -0.39 is 0 Å². The number of hydrogen-bond donors (Lipinski definition) is 1. The van der Waals surface area contributed by atoms with E-state index in [4.69, 9.17) is 5.26 Å². The van der Waals surface area contributed by atoms with Crippen LogP contribution in [0, 0.1) is 11.3 Å². The second kappa shape index (κ2) is 5.50. The molecule has 20 heavy (non-hydrogen) atoms. The van der Waals surface area contributed by atoms with Crippen molar-refractivity contribution in [3.8, 4) is 6.07 Å². The standard InChI is InChI=1S/C17H15N3/c18-13-14-5-4-8-17-16(14)9-11-20(17)12-10-19-15-6-2-1-3-7-15/h1-9,11,19H,10,12H2. The van der Waals surface area contributed by atoms with Gasteiger partial charge in [0.05, 0.1) is 11.6 Å². The summed E-state index contributed by atoms with van der Waals surface area (Å²) in [6, 6.07) is 20.3. The first-order valence-electron chi connectivity index (χ1n) is 6.65. The summed E-state index contributed by atoms with van der Waals surface area (Å²) in [7, 11) is 0. The Morgan fingerprint density at radius 2 is 1.85 bits per heavy atom. The molecule has 1 N–H and O–H groups in total. The third-order valence-corrected chi connectivity index (χ3v) is 3.39. The van der Waals surface area contributed by atoms with Crippen LogP contribution in [0.1, 0.15) is 5.56 Å². The van der Waals surface area contributed by atoms with Gasteiger partial charge in [-0.1, -0.05) is 24.3 Å². The molecule has 0 saturated carbocycles. The normalized spacial score (nSPS) is 10.3. The molecular weight excluding hydrogens is 246 g/mol. The Morgan fingerprint density at radius 1 is 1.00 bits per heavy atom. The van der Waals surface area contributed by atoms with Crippen LogP contribution < -0.4 is 5.32 Å². The van der Waals surface area contributed by atoms with E-state index in [1.807, 2.05) is 42.6 Å². The Bertz CT molecular complexity index is 751. The lowest BCUT2D eigenvalue weighted by Gasteiger charge is -2.08. The van der Waals surface area contributed by atoms with Gasteiger partial charge in [0.15, 0.2) is 0 Å². The highest BCUT2D eigenvalue weighted by atomic mass is 15.0. The predicted molar refractivity (Wildman–Crippen MR) is 81.6 cm³/mol. The molecule has 0 radical (unpaired) electrons. The highest BCUT2D eigenvalue weighted by Crippen LogP contribution is 2.19. The summed E-state index contributed by atoms with van der Waals surface area (Å²) in [6.07, 6.45) is 2.04. The molecule has 0 amide bonds. The van der Waals surface area contributed by atoms with E-state index in [0.717, 1.165) is 35.2 Å². The number of nitriles is 1. The zero-order chi connectivity index (χ0) is 13.8. The second-order valence-corrected chi connectivity index (χ2v) is 4.65. The largest absolute Gasteiger partial charge is 0.383 e. The molecule has 1 heterocycles. The van der Waals surface area contributed by atoms with Crippen LogP contribution in [0.25, 0.3) is 10.9 Å². The maximum Gasteiger partial charge on any atom is 0.0998 e. The minimum absolute atomic E-state index is 0.734. The molecule has 2 aromatic carbocycles. The summed E-state index contributed by atoms with van der Waals surface area (Å²) in [4.78, 5) is 0. The number of nitrogens with zero attached hydrogens (tertiary/aromatic N) is 2. The van der Waals surface area contributed by atoms with E-state index in [1.54, 1.807) is 0 Å². The molecule has 0 atom stereocenters. The Morgan fingerprint density at radius 3 is 2.65 bits per heavy atom. The minimum atomic E-state index is 0.734. The van der Waals surface area contributed by atoms with Gasteiger partial charge in [-0.25, -0.2) is 0 Å². The SMILES string of the molecule is N#Cc1cccc2c1ccn2CCNc1ccccc1. The van der Waals surface area contributed by atoms with Crippen LogP contribution in [0.3, 0.4) is 0 Å². The molecule has 0 aliphatic carbocycles. The number of nitrogens with one attached hydrogen (secondary N) is 1. The third-order valence-electron chi connectivity index (χ3n) is 3.39. The molecule has 3 aromatic rings. The van der Waals surface area contributed by atoms with Crippen molar-refractivity contribution in [1.82, 2.24) is 4.57 Å². The van der Waals surface area contributed by atoms with Crippen molar-refractivity contribution in [2.45, 2.75) is 6.54 Å². The van der Waals surface area contributed by atoms with Gasteiger partial charge in [0.2, 0.25) is 0 Å². The van der Waals surface area contributed by atoms with E-state index in [2.05, 4.69) is 34.2 Å². The number of aromatic nitrogens is 1. The zero-order valence-electron chi connectivity index (χ0n) is 11.1. The van der Waals surface area contributed by atoms with Crippen LogP contribution in [-0.2, 0) is 6.54 Å². The molecule has 3 heteroatoms. The lowest BCUT2D eigenvalue weighted by Crippen LogP contribution is -2.09. The molecule has 1 aromatic heterocycles. The van der Waals surface area contributed by atoms with Crippen molar-refractivity contribution in [1.29, 1.82) is 5.26 Å². The topological polar surface area (TPSA) is 40.8 Å². The van der Waals surface area contributed by atoms with E-state index >= 15 is 0 Å². The Balaban J connectivity index is 1.74. The molecule has 98 valence electrons. The van der Waals surface area contributed by atoms with Gasteiger partial charge >= 0.3 is 0 Å². The van der Waals surface area contributed by atoms with Crippen molar-refractivity contribution in [3.63, 3.8) is 0 Å². The molecule has 3 rings (SSSR count). The molecule has 0 spiro atoms. The average Bonchev–Trinajstić information content (AvgIpc) is 2.92. The van der Waals surface area contributed by atoms with E-state index in [0.29, 0.717) is 0 Å². The van der Waals surface area contributed by atoms with Crippen LogP contribution in [0.2, 0.25) is 0 Å². The zero-order valence-corrected chi connectivity index (χ0v) is 11.1. The lowest BCUT2D eigenvalue weighted by atomic mass is 10.1. The summed E-state index contributed by atoms with van der Waals surface area (Å²) in [6.45, 7) is 1.72. The number of anilines is 1. The fraction of sp³-hybridized carbons (Fsp3) is 0.118. The summed E-state index contributed by atoms with van der Waals surface area (Å²) < 4.78 is 2.17. The summed E-state index contributed by atoms with van der Waals surface area (Å²) in [5.41, 5.74) is 2.97. The molecule has 0 bridgehead atoms. The molecule has 3 nitrogen and oxygen atoms in total. The Labute approximate surface area is 118 Å². The summed E-state index contributed by atoms with van der Waals surface area (Å²) in [5.74, 6) is 0. The average molecular weight is 261 g/mol. The molecular formula is C17H15N3. The van der Waals surface area contributed by atoms with Gasteiger partial charge in [-0.05, 0) is 30.3 Å². The van der Waals surface area contributed by atoms with Crippen molar-refractivity contribution in [2.24, 2.45) is 0 Å². The molecule has 0 saturated heterocycles. The predicted octanol–water partition coefficient (Wildman–Crippen LogP) is 3.63. The van der Waals surface area contributed by atoms with Gasteiger partial charge in [-0.3, -0.25) is 0 Å². The van der Waals surface area contributed by atoms with Gasteiger partial charge in [0.1, 0.15) is 0 Å². The maximum absolute atomic E-state index is 9.10. The van der Waals surface area contributed by atoms with Crippen molar-refractivity contribution in [2.75, 3.05) is 11.9 Å². The lowest BCUT2D eigenvalue weighted by molar-refractivity contribution is 0.757. The van der Waals surface area contributed by atoms with Gasteiger partial charge in [-0.15, -0.1) is 0 Å². The molecule has 0 aliphatic heterocycles. The molecule has 0 unspecified atom stereocenters. The van der Waals surface area contributed by atoms with Crippen molar-refractivity contribution >= 4 is 16.6 Å². The third kappa shape index (κ3) is 2.36.